The molecule has 0 aliphatic heterocycles. The summed E-state index contributed by atoms with van der Waals surface area (Å²) in [6, 6.07) is 16.6. The second-order valence-electron chi connectivity index (χ2n) is 5.91. The van der Waals surface area contributed by atoms with Gasteiger partial charge in [0.2, 0.25) is 5.91 Å². The fraction of sp³-hybridized carbons (Fsp3) is 0.300. The molecule has 0 aromatic heterocycles. The number of rotatable bonds is 10. The number of hydrogen-bond acceptors (Lipinski definition) is 4. The SMILES string of the molecule is CCCN(CCC(=O)Nc1ccc(Oc2ccccc2)cc1)CC(=O)O. The summed E-state index contributed by atoms with van der Waals surface area (Å²) in [7, 11) is 0. The summed E-state index contributed by atoms with van der Waals surface area (Å²) >= 11 is 0. The number of nitrogens with one attached hydrogen (secondary N) is 1. The number of carbonyl (C=O) groups is 2. The van der Waals surface area contributed by atoms with Crippen molar-refractivity contribution in [1.29, 1.82) is 0 Å². The summed E-state index contributed by atoms with van der Waals surface area (Å²) < 4.78 is 5.71. The smallest absolute Gasteiger partial charge is 0.317 e. The summed E-state index contributed by atoms with van der Waals surface area (Å²) in [6.07, 6.45) is 1.09. The van der Waals surface area contributed by atoms with Crippen LogP contribution in [0.3, 0.4) is 0 Å². The number of anilines is 1. The van der Waals surface area contributed by atoms with Gasteiger partial charge in [0, 0.05) is 18.7 Å². The zero-order valence-corrected chi connectivity index (χ0v) is 14.9. The minimum atomic E-state index is -0.882. The molecule has 0 radical (unpaired) electrons. The molecule has 0 fully saturated rings. The van der Waals surface area contributed by atoms with E-state index in [9.17, 15) is 9.59 Å². The van der Waals surface area contributed by atoms with E-state index in [-0.39, 0.29) is 18.9 Å². The van der Waals surface area contributed by atoms with Crippen LogP contribution in [0.4, 0.5) is 5.69 Å². The molecule has 0 atom stereocenters. The van der Waals surface area contributed by atoms with E-state index in [0.717, 1.165) is 12.2 Å². The van der Waals surface area contributed by atoms with Gasteiger partial charge in [-0.1, -0.05) is 25.1 Å². The average Bonchev–Trinajstić information content (AvgIpc) is 2.62. The van der Waals surface area contributed by atoms with Crippen LogP contribution >= 0.6 is 0 Å². The summed E-state index contributed by atoms with van der Waals surface area (Å²) in [5.41, 5.74) is 0.677. The molecule has 138 valence electrons. The zero-order chi connectivity index (χ0) is 18.8. The second-order valence-corrected chi connectivity index (χ2v) is 5.91. The maximum atomic E-state index is 12.1. The van der Waals surface area contributed by atoms with Crippen molar-refractivity contribution in [3.63, 3.8) is 0 Å². The molecular weight excluding hydrogens is 332 g/mol. The highest BCUT2D eigenvalue weighted by Crippen LogP contribution is 2.22. The molecule has 26 heavy (non-hydrogen) atoms. The number of hydrogen-bond donors (Lipinski definition) is 2. The molecule has 2 aromatic rings. The molecular formula is C20H24N2O4. The van der Waals surface area contributed by atoms with Crippen LogP contribution in [0.5, 0.6) is 11.5 Å². The van der Waals surface area contributed by atoms with Crippen molar-refractivity contribution in [3.8, 4) is 11.5 Å². The van der Waals surface area contributed by atoms with Gasteiger partial charge in [0.1, 0.15) is 11.5 Å². The van der Waals surface area contributed by atoms with E-state index in [0.29, 0.717) is 24.5 Å². The van der Waals surface area contributed by atoms with Crippen molar-refractivity contribution in [2.75, 3.05) is 25.0 Å². The molecule has 2 N–H and O–H groups in total. The Morgan fingerprint density at radius 2 is 1.65 bits per heavy atom. The Hall–Kier alpha value is -2.86. The van der Waals surface area contributed by atoms with Gasteiger partial charge < -0.3 is 15.2 Å². The zero-order valence-electron chi connectivity index (χ0n) is 14.9. The highest BCUT2D eigenvalue weighted by molar-refractivity contribution is 5.90. The van der Waals surface area contributed by atoms with Crippen LogP contribution in [0.1, 0.15) is 19.8 Å². The van der Waals surface area contributed by atoms with Crippen LogP contribution < -0.4 is 10.1 Å². The van der Waals surface area contributed by atoms with Gasteiger partial charge in [-0.15, -0.1) is 0 Å². The number of carboxylic acid groups (broad SMARTS) is 1. The fourth-order valence-electron chi connectivity index (χ4n) is 2.49. The highest BCUT2D eigenvalue weighted by atomic mass is 16.5. The lowest BCUT2D eigenvalue weighted by Crippen LogP contribution is -2.33. The number of benzene rings is 2. The molecule has 0 saturated carbocycles. The van der Waals surface area contributed by atoms with E-state index in [4.69, 9.17) is 9.84 Å². The van der Waals surface area contributed by atoms with E-state index in [1.165, 1.54) is 0 Å². The fourth-order valence-corrected chi connectivity index (χ4v) is 2.49. The average molecular weight is 356 g/mol. The van der Waals surface area contributed by atoms with Gasteiger partial charge in [-0.3, -0.25) is 14.5 Å². The summed E-state index contributed by atoms with van der Waals surface area (Å²) in [4.78, 5) is 24.7. The van der Waals surface area contributed by atoms with Crippen molar-refractivity contribution in [1.82, 2.24) is 4.90 Å². The minimum Gasteiger partial charge on any atom is -0.480 e. The van der Waals surface area contributed by atoms with Crippen molar-refractivity contribution in [2.45, 2.75) is 19.8 Å². The van der Waals surface area contributed by atoms with E-state index < -0.39 is 5.97 Å². The normalized spacial score (nSPS) is 10.5. The molecule has 6 nitrogen and oxygen atoms in total. The molecule has 0 heterocycles. The van der Waals surface area contributed by atoms with Crippen LogP contribution in [0.2, 0.25) is 0 Å². The first-order chi connectivity index (χ1) is 12.6. The van der Waals surface area contributed by atoms with Crippen LogP contribution in [0.15, 0.2) is 54.6 Å². The third-order valence-electron chi connectivity index (χ3n) is 3.67. The monoisotopic (exact) mass is 356 g/mol. The van der Waals surface area contributed by atoms with Gasteiger partial charge in [-0.2, -0.15) is 0 Å². The van der Waals surface area contributed by atoms with Crippen LogP contribution in [0.25, 0.3) is 0 Å². The molecule has 1 amide bonds. The van der Waals surface area contributed by atoms with E-state index in [2.05, 4.69) is 5.32 Å². The molecule has 0 aliphatic rings. The van der Waals surface area contributed by atoms with Gasteiger partial charge in [-0.25, -0.2) is 0 Å². The number of amides is 1. The largest absolute Gasteiger partial charge is 0.480 e. The van der Waals surface area contributed by atoms with E-state index in [1.807, 2.05) is 37.3 Å². The van der Waals surface area contributed by atoms with E-state index >= 15 is 0 Å². The Morgan fingerprint density at radius 1 is 1.00 bits per heavy atom. The Bertz CT molecular complexity index is 702. The molecule has 2 aromatic carbocycles. The molecule has 0 saturated heterocycles. The van der Waals surface area contributed by atoms with Gasteiger partial charge in [-0.05, 0) is 49.4 Å². The highest BCUT2D eigenvalue weighted by Gasteiger charge is 2.11. The second kappa shape index (κ2) is 10.2. The van der Waals surface area contributed by atoms with Crippen molar-refractivity contribution in [2.24, 2.45) is 0 Å². The van der Waals surface area contributed by atoms with Crippen LogP contribution in [-0.4, -0.2) is 41.5 Å². The third-order valence-corrected chi connectivity index (χ3v) is 3.67. The topological polar surface area (TPSA) is 78.9 Å². The Morgan fingerprint density at radius 3 is 2.27 bits per heavy atom. The number of para-hydroxylation sites is 1. The molecule has 0 aliphatic carbocycles. The Labute approximate surface area is 153 Å². The maximum absolute atomic E-state index is 12.1. The number of carbonyl (C=O) groups excluding carboxylic acids is 1. The van der Waals surface area contributed by atoms with Crippen LogP contribution in [-0.2, 0) is 9.59 Å². The van der Waals surface area contributed by atoms with Crippen molar-refractivity contribution >= 4 is 17.6 Å². The van der Waals surface area contributed by atoms with Gasteiger partial charge >= 0.3 is 5.97 Å². The Balaban J connectivity index is 1.82. The van der Waals surface area contributed by atoms with Crippen molar-refractivity contribution < 1.29 is 19.4 Å². The lowest BCUT2D eigenvalue weighted by atomic mass is 10.2. The molecule has 2 rings (SSSR count). The first kappa shape index (κ1) is 19.5. The predicted octanol–water partition coefficient (Wildman–Crippen LogP) is 3.60. The number of carboxylic acids is 1. The van der Waals surface area contributed by atoms with E-state index in [1.54, 1.807) is 29.2 Å². The third kappa shape index (κ3) is 6.94. The molecule has 6 heteroatoms. The summed E-state index contributed by atoms with van der Waals surface area (Å²) in [6.45, 7) is 3.01. The molecule has 0 bridgehead atoms. The lowest BCUT2D eigenvalue weighted by Gasteiger charge is -2.18. The van der Waals surface area contributed by atoms with Gasteiger partial charge in [0.15, 0.2) is 0 Å². The summed E-state index contributed by atoms with van der Waals surface area (Å²) in [5.74, 6) is 0.407. The first-order valence-corrected chi connectivity index (χ1v) is 8.64. The van der Waals surface area contributed by atoms with Crippen molar-refractivity contribution in [3.05, 3.63) is 54.6 Å². The minimum absolute atomic E-state index is 0.0490. The molecule has 0 spiro atoms. The lowest BCUT2D eigenvalue weighted by molar-refractivity contribution is -0.138. The molecule has 0 unspecified atom stereocenters. The number of nitrogens with zero attached hydrogens (tertiary/aromatic N) is 1. The predicted molar refractivity (Wildman–Crippen MR) is 101 cm³/mol. The summed E-state index contributed by atoms with van der Waals surface area (Å²) in [5, 5.41) is 11.7. The Kier molecular flexibility index (Phi) is 7.64. The quantitative estimate of drug-likeness (QED) is 0.680. The number of ether oxygens (including phenoxy) is 1. The maximum Gasteiger partial charge on any atom is 0.317 e. The van der Waals surface area contributed by atoms with Gasteiger partial charge in [0.05, 0.1) is 6.54 Å². The standard InChI is InChI=1S/C20H24N2O4/c1-2-13-22(15-20(24)25)14-12-19(23)21-16-8-10-18(11-9-16)26-17-6-4-3-5-7-17/h3-11H,2,12-15H2,1H3,(H,21,23)(H,24,25). The van der Waals surface area contributed by atoms with Gasteiger partial charge in [0.25, 0.3) is 0 Å². The first-order valence-electron chi connectivity index (χ1n) is 8.64. The number of aliphatic carboxylic acids is 1. The van der Waals surface area contributed by atoms with Crippen LogP contribution in [0, 0.1) is 0 Å².